The van der Waals surface area contributed by atoms with Crippen molar-refractivity contribution in [2.45, 2.75) is 31.0 Å². The molecule has 2 unspecified atom stereocenters. The molecule has 33 heavy (non-hydrogen) atoms. The predicted molar refractivity (Wildman–Crippen MR) is 126 cm³/mol. The largest absolute Gasteiger partial charge is 0.362 e. The molecule has 2 aliphatic rings. The summed E-state index contributed by atoms with van der Waals surface area (Å²) in [5.74, 6) is 1.32. The fourth-order valence-corrected chi connectivity index (χ4v) is 5.95. The van der Waals surface area contributed by atoms with Gasteiger partial charge in [0.2, 0.25) is 0 Å². The van der Waals surface area contributed by atoms with Gasteiger partial charge in [-0.3, -0.25) is 4.98 Å². The first-order valence-corrected chi connectivity index (χ1v) is 12.4. The number of halogens is 2. The second-order valence-electron chi connectivity index (χ2n) is 8.84. The standard InChI is InChI=1S/C24H28F2N6S/c1-16-18(6-4-10-27-16)23-28-29-24(30(23)2)33-13-5-11-31-14-17-9-12-32(21(17)15-31)22-19(25)7-3-8-20(22)26/h3-4,6-8,10,17,21H,5,9,11-15H2,1-2H3. The lowest BCUT2D eigenvalue weighted by atomic mass is 10.0. The van der Waals surface area contributed by atoms with Gasteiger partial charge in [0.05, 0.1) is 0 Å². The molecule has 1 aromatic carbocycles. The summed E-state index contributed by atoms with van der Waals surface area (Å²) >= 11 is 1.71. The Morgan fingerprint density at radius 3 is 2.70 bits per heavy atom. The summed E-state index contributed by atoms with van der Waals surface area (Å²) in [7, 11) is 1.99. The van der Waals surface area contributed by atoms with E-state index in [-0.39, 0.29) is 11.7 Å². The van der Waals surface area contributed by atoms with Crippen LogP contribution in [0, 0.1) is 24.5 Å². The number of hydrogen-bond acceptors (Lipinski definition) is 6. The van der Waals surface area contributed by atoms with E-state index >= 15 is 0 Å². The van der Waals surface area contributed by atoms with Gasteiger partial charge in [0.1, 0.15) is 17.3 Å². The normalized spacial score (nSPS) is 20.5. The van der Waals surface area contributed by atoms with Crippen molar-refractivity contribution in [1.82, 2.24) is 24.6 Å². The van der Waals surface area contributed by atoms with E-state index in [1.807, 2.05) is 35.6 Å². The Hall–Kier alpha value is -2.52. The van der Waals surface area contributed by atoms with Crippen LogP contribution in [0.4, 0.5) is 14.5 Å². The fraction of sp³-hybridized carbons (Fsp3) is 0.458. The van der Waals surface area contributed by atoms with Crippen LogP contribution in [0.5, 0.6) is 0 Å². The Kier molecular flexibility index (Phi) is 6.34. The number of aryl methyl sites for hydroxylation is 1. The molecule has 0 amide bonds. The molecule has 174 valence electrons. The summed E-state index contributed by atoms with van der Waals surface area (Å²) in [6, 6.07) is 8.25. The lowest BCUT2D eigenvalue weighted by molar-refractivity contribution is 0.318. The number of likely N-dealkylation sites (tertiary alicyclic amines) is 1. The van der Waals surface area contributed by atoms with Crippen LogP contribution in [0.25, 0.3) is 11.4 Å². The van der Waals surface area contributed by atoms with Crippen molar-refractivity contribution in [3.05, 3.63) is 53.9 Å². The van der Waals surface area contributed by atoms with E-state index in [0.717, 1.165) is 67.0 Å². The van der Waals surface area contributed by atoms with Gasteiger partial charge in [0.15, 0.2) is 11.0 Å². The first kappa shape index (κ1) is 22.3. The average molecular weight is 471 g/mol. The zero-order chi connectivity index (χ0) is 22.9. The highest BCUT2D eigenvalue weighted by Crippen LogP contribution is 2.37. The highest BCUT2D eigenvalue weighted by molar-refractivity contribution is 7.99. The molecule has 0 N–H and O–H groups in total. The molecule has 0 saturated carbocycles. The average Bonchev–Trinajstić information content (AvgIpc) is 3.47. The summed E-state index contributed by atoms with van der Waals surface area (Å²) < 4.78 is 30.7. The van der Waals surface area contributed by atoms with Crippen LogP contribution in [0.2, 0.25) is 0 Å². The molecule has 4 heterocycles. The number of pyridine rings is 1. The molecule has 0 aliphatic carbocycles. The molecule has 2 aromatic heterocycles. The van der Waals surface area contributed by atoms with Gasteiger partial charge >= 0.3 is 0 Å². The zero-order valence-corrected chi connectivity index (χ0v) is 19.7. The van der Waals surface area contributed by atoms with E-state index < -0.39 is 11.6 Å². The summed E-state index contributed by atoms with van der Waals surface area (Å²) in [6.45, 7) is 5.53. The van der Waals surface area contributed by atoms with Crippen molar-refractivity contribution in [1.29, 1.82) is 0 Å². The van der Waals surface area contributed by atoms with Crippen LogP contribution in [-0.2, 0) is 7.05 Å². The molecule has 2 aliphatic heterocycles. The van der Waals surface area contributed by atoms with Crippen LogP contribution in [0.3, 0.4) is 0 Å². The molecule has 9 heteroatoms. The second-order valence-corrected chi connectivity index (χ2v) is 9.90. The summed E-state index contributed by atoms with van der Waals surface area (Å²) in [6.07, 6.45) is 3.79. The highest BCUT2D eigenvalue weighted by Gasteiger charge is 2.42. The predicted octanol–water partition coefficient (Wildman–Crippen LogP) is 4.16. The monoisotopic (exact) mass is 470 g/mol. The molecular formula is C24H28F2N6S. The number of nitrogens with zero attached hydrogens (tertiary/aromatic N) is 6. The Bertz CT molecular complexity index is 1120. The van der Waals surface area contributed by atoms with Gasteiger partial charge in [-0.25, -0.2) is 8.78 Å². The van der Waals surface area contributed by atoms with Crippen molar-refractivity contribution in [3.8, 4) is 11.4 Å². The number of anilines is 1. The second kappa shape index (κ2) is 9.38. The van der Waals surface area contributed by atoms with E-state index in [1.165, 1.54) is 18.2 Å². The van der Waals surface area contributed by atoms with E-state index in [1.54, 1.807) is 18.0 Å². The van der Waals surface area contributed by atoms with E-state index in [0.29, 0.717) is 5.92 Å². The Morgan fingerprint density at radius 1 is 1.09 bits per heavy atom. The Balaban J connectivity index is 1.14. The molecular weight excluding hydrogens is 442 g/mol. The van der Waals surface area contributed by atoms with Crippen molar-refractivity contribution in [2.24, 2.45) is 13.0 Å². The molecule has 2 fully saturated rings. The smallest absolute Gasteiger partial charge is 0.191 e. The van der Waals surface area contributed by atoms with Gasteiger partial charge in [0, 0.05) is 55.9 Å². The van der Waals surface area contributed by atoms with Crippen LogP contribution in [0.15, 0.2) is 41.7 Å². The van der Waals surface area contributed by atoms with Gasteiger partial charge < -0.3 is 14.4 Å². The number of rotatable bonds is 7. The molecule has 0 spiro atoms. The maximum atomic E-state index is 14.3. The van der Waals surface area contributed by atoms with Crippen molar-refractivity contribution in [2.75, 3.05) is 36.8 Å². The topological polar surface area (TPSA) is 50.1 Å². The van der Waals surface area contributed by atoms with Gasteiger partial charge in [-0.2, -0.15) is 0 Å². The highest BCUT2D eigenvalue weighted by atomic mass is 32.2. The Labute approximate surface area is 197 Å². The lowest BCUT2D eigenvalue weighted by Gasteiger charge is -2.27. The van der Waals surface area contributed by atoms with Crippen LogP contribution in [-0.4, -0.2) is 62.6 Å². The van der Waals surface area contributed by atoms with Crippen LogP contribution < -0.4 is 4.90 Å². The minimum atomic E-state index is -0.463. The first-order valence-electron chi connectivity index (χ1n) is 11.4. The number of hydrogen-bond donors (Lipinski definition) is 0. The van der Waals surface area contributed by atoms with E-state index in [4.69, 9.17) is 0 Å². The Morgan fingerprint density at radius 2 is 1.91 bits per heavy atom. The third kappa shape index (κ3) is 4.36. The molecule has 2 atom stereocenters. The maximum absolute atomic E-state index is 14.3. The quantitative estimate of drug-likeness (QED) is 0.382. The van der Waals surface area contributed by atoms with E-state index in [9.17, 15) is 8.78 Å². The molecule has 3 aromatic rings. The number of thioether (sulfide) groups is 1. The van der Waals surface area contributed by atoms with Crippen molar-refractivity contribution in [3.63, 3.8) is 0 Å². The summed E-state index contributed by atoms with van der Waals surface area (Å²) in [5.41, 5.74) is 2.08. The minimum Gasteiger partial charge on any atom is -0.362 e. The SMILES string of the molecule is Cc1ncccc1-c1nnc(SCCCN2CC3CCN(c4c(F)cccc4F)C3C2)n1C. The van der Waals surface area contributed by atoms with Gasteiger partial charge in [0.25, 0.3) is 0 Å². The van der Waals surface area contributed by atoms with Crippen molar-refractivity contribution >= 4 is 17.4 Å². The molecule has 5 rings (SSSR count). The van der Waals surface area contributed by atoms with E-state index in [2.05, 4.69) is 20.1 Å². The molecule has 0 bridgehead atoms. The van der Waals surface area contributed by atoms with Gasteiger partial charge in [-0.05, 0) is 56.5 Å². The first-order chi connectivity index (χ1) is 16.0. The number of fused-ring (bicyclic) bond motifs is 1. The van der Waals surface area contributed by atoms with Crippen LogP contribution >= 0.6 is 11.8 Å². The minimum absolute atomic E-state index is 0.143. The van der Waals surface area contributed by atoms with Gasteiger partial charge in [-0.1, -0.05) is 17.8 Å². The third-order valence-electron chi connectivity index (χ3n) is 6.78. The summed E-state index contributed by atoms with van der Waals surface area (Å²) in [5, 5.41) is 9.63. The maximum Gasteiger partial charge on any atom is 0.191 e. The number of benzene rings is 1. The zero-order valence-electron chi connectivity index (χ0n) is 18.9. The number of para-hydroxylation sites is 1. The third-order valence-corrected chi connectivity index (χ3v) is 7.89. The van der Waals surface area contributed by atoms with Crippen LogP contribution in [0.1, 0.15) is 18.5 Å². The summed E-state index contributed by atoms with van der Waals surface area (Å²) in [4.78, 5) is 8.73. The molecule has 0 radical (unpaired) electrons. The van der Waals surface area contributed by atoms with Gasteiger partial charge in [-0.15, -0.1) is 10.2 Å². The lowest BCUT2D eigenvalue weighted by Crippen LogP contribution is -2.36. The molecule has 6 nitrogen and oxygen atoms in total. The number of aromatic nitrogens is 4. The fourth-order valence-electron chi connectivity index (χ4n) is 5.12. The van der Waals surface area contributed by atoms with Crippen molar-refractivity contribution < 1.29 is 8.78 Å². The molecule has 2 saturated heterocycles.